The van der Waals surface area contributed by atoms with Crippen molar-refractivity contribution in [1.82, 2.24) is 41.5 Å². The Morgan fingerprint density at radius 2 is 1.90 bits per heavy atom. The third-order valence-electron chi connectivity index (χ3n) is 12.0. The van der Waals surface area contributed by atoms with Crippen LogP contribution in [0.25, 0.3) is 0 Å². The maximum absolute atomic E-state index is 14.6. The molecule has 3 amide bonds. The molecule has 2 saturated carbocycles. The van der Waals surface area contributed by atoms with Crippen LogP contribution in [0.1, 0.15) is 70.6 Å². The molecule has 7 aliphatic rings. The molecule has 7 N–H and O–H groups in total. The molecule has 6 fully saturated rings. The molecule has 5 aliphatic heterocycles. The van der Waals surface area contributed by atoms with E-state index in [0.717, 1.165) is 63.7 Å². The lowest BCUT2D eigenvalue weighted by atomic mass is 9.80. The second-order valence-corrected chi connectivity index (χ2v) is 17.3. The van der Waals surface area contributed by atoms with Gasteiger partial charge in [-0.2, -0.15) is 5.12 Å². The number of ether oxygens (including phenoxy) is 1. The van der Waals surface area contributed by atoms with Crippen LogP contribution in [0, 0.1) is 17.8 Å². The largest absolute Gasteiger partial charge is 0.479 e. The number of carboxylic acids is 1. The lowest BCUT2D eigenvalue weighted by Crippen LogP contribution is -2.57. The van der Waals surface area contributed by atoms with Crippen LogP contribution in [-0.2, 0) is 23.9 Å². The summed E-state index contributed by atoms with van der Waals surface area (Å²) in [5, 5.41) is 22.2. The predicted octanol–water partition coefficient (Wildman–Crippen LogP) is 0.718. The number of amides is 3. The first kappa shape index (κ1) is 36.4. The van der Waals surface area contributed by atoms with Crippen molar-refractivity contribution in [3.63, 3.8) is 0 Å². The molecule has 0 bridgehead atoms. The molecule has 0 radical (unpaired) electrons. The first-order valence-electron chi connectivity index (χ1n) is 18.6. The van der Waals surface area contributed by atoms with E-state index < -0.39 is 29.5 Å². The van der Waals surface area contributed by atoms with E-state index in [4.69, 9.17) is 4.74 Å². The van der Waals surface area contributed by atoms with E-state index in [0.29, 0.717) is 43.6 Å². The second kappa shape index (κ2) is 16.0. The van der Waals surface area contributed by atoms with Crippen molar-refractivity contribution in [3.05, 3.63) is 12.2 Å². The standard InChI is InChI=1S/C34H54N8O6S2/c1-48-24-11-9-20(10-12-24)27-28(31-35-13-14-49-31)40-42(39-27)23-15-26-30(44)38-34(33(46)47)16-22(34)7-5-3-2-4-6-8-25(32(45)41(26)18-23)37-29(43)21-17-36-50-19-21/h5,7,20-28,31,35-36,39-40H,2-4,6,8-19H2,1H3,(H,37,43)(H,38,44)(H,46,47)/b7-5-/t20?,21?,22-,23-,24?,25-,26+,27?,28?,31?,34+/m1/s1. The molecule has 7 rings (SSSR count). The van der Waals surface area contributed by atoms with Crippen LogP contribution in [0.15, 0.2) is 12.2 Å². The Morgan fingerprint density at radius 3 is 2.62 bits per heavy atom. The number of carboxylic acid groups (broad SMARTS) is 1. The number of nitrogens with one attached hydrogen (secondary N) is 6. The fourth-order valence-electron chi connectivity index (χ4n) is 8.85. The predicted molar refractivity (Wildman–Crippen MR) is 191 cm³/mol. The van der Waals surface area contributed by atoms with Gasteiger partial charge < -0.3 is 30.7 Å². The molecule has 0 aromatic carbocycles. The zero-order valence-corrected chi connectivity index (χ0v) is 30.6. The van der Waals surface area contributed by atoms with Crippen LogP contribution in [0.5, 0.6) is 0 Å². The molecule has 4 saturated heterocycles. The van der Waals surface area contributed by atoms with Crippen LogP contribution in [0.3, 0.4) is 0 Å². The van der Waals surface area contributed by atoms with Crippen molar-refractivity contribution in [3.8, 4) is 0 Å². The number of hydrogen-bond acceptors (Lipinski definition) is 12. The van der Waals surface area contributed by atoms with Crippen molar-refractivity contribution >= 4 is 47.4 Å². The Balaban J connectivity index is 1.14. The summed E-state index contributed by atoms with van der Waals surface area (Å²) in [6.07, 6.45) is 12.9. The molecule has 0 spiro atoms. The van der Waals surface area contributed by atoms with E-state index in [1.165, 1.54) is 11.9 Å². The molecular weight excluding hydrogens is 681 g/mol. The number of fused-ring (bicyclic) bond motifs is 2. The Bertz CT molecular complexity index is 1290. The third-order valence-corrected chi connectivity index (χ3v) is 14.2. The van der Waals surface area contributed by atoms with Gasteiger partial charge in [0, 0.05) is 50.2 Å². The van der Waals surface area contributed by atoms with Gasteiger partial charge in [0.15, 0.2) is 0 Å². The quantitative estimate of drug-likeness (QED) is 0.144. The van der Waals surface area contributed by atoms with E-state index in [1.807, 2.05) is 29.0 Å². The molecule has 5 heterocycles. The summed E-state index contributed by atoms with van der Waals surface area (Å²) in [4.78, 5) is 56.3. The number of carbonyl (C=O) groups is 4. The molecule has 16 heteroatoms. The Hall–Kier alpha value is -1.92. The van der Waals surface area contributed by atoms with Crippen molar-refractivity contribution in [2.24, 2.45) is 17.8 Å². The van der Waals surface area contributed by atoms with E-state index in [2.05, 4.69) is 31.5 Å². The number of carbonyl (C=O) groups excluding carboxylic acids is 3. The zero-order valence-electron chi connectivity index (χ0n) is 28.9. The highest BCUT2D eigenvalue weighted by Crippen LogP contribution is 2.45. The number of thioether (sulfide) groups is 1. The van der Waals surface area contributed by atoms with Crippen LogP contribution in [0.2, 0.25) is 0 Å². The van der Waals surface area contributed by atoms with E-state index in [-0.39, 0.29) is 53.7 Å². The molecular formula is C34H54N8O6S2. The molecule has 50 heavy (non-hydrogen) atoms. The number of aliphatic carboxylic acids is 1. The normalized spacial score (nSPS) is 42.2. The van der Waals surface area contributed by atoms with Crippen LogP contribution < -0.4 is 31.5 Å². The fraction of sp³-hybridized carbons (Fsp3) is 0.824. The SMILES string of the molecule is COC1CCC(C2NN([C@@H]3C[C@H]4C(=O)N[C@@]5(C(=O)O)C[C@H]5/C=C\CCCCC[C@@H](NC(=O)C5CNSC5)C(=O)N4C3)NC2C2NCCS2)CC1. The van der Waals surface area contributed by atoms with Gasteiger partial charge in [-0.3, -0.25) is 19.1 Å². The summed E-state index contributed by atoms with van der Waals surface area (Å²) in [5.41, 5.74) is 6.20. The van der Waals surface area contributed by atoms with Crippen LogP contribution >= 0.6 is 23.7 Å². The smallest absolute Gasteiger partial charge is 0.330 e. The van der Waals surface area contributed by atoms with Gasteiger partial charge in [0.2, 0.25) is 17.7 Å². The van der Waals surface area contributed by atoms with E-state index in [9.17, 15) is 24.3 Å². The maximum Gasteiger partial charge on any atom is 0.330 e. The Labute approximate surface area is 303 Å². The molecule has 9 atom stereocenters. The number of methoxy groups -OCH3 is 1. The number of allylic oxidation sites excluding steroid dienone is 1. The van der Waals surface area contributed by atoms with Crippen molar-refractivity contribution in [2.75, 3.05) is 38.2 Å². The topological polar surface area (TPSA) is 176 Å². The van der Waals surface area contributed by atoms with Gasteiger partial charge in [0.05, 0.1) is 29.5 Å². The van der Waals surface area contributed by atoms with Crippen molar-refractivity contribution in [2.45, 2.75) is 118 Å². The highest BCUT2D eigenvalue weighted by molar-refractivity contribution is 8.00. The lowest BCUT2D eigenvalue weighted by molar-refractivity contribution is -0.146. The van der Waals surface area contributed by atoms with Gasteiger partial charge >= 0.3 is 5.97 Å². The maximum atomic E-state index is 14.6. The second-order valence-electron chi connectivity index (χ2n) is 15.2. The zero-order chi connectivity index (χ0) is 34.8. The molecule has 0 aromatic rings. The van der Waals surface area contributed by atoms with Crippen LogP contribution in [-0.4, -0.2) is 124 Å². The minimum atomic E-state index is -1.37. The third kappa shape index (κ3) is 7.73. The van der Waals surface area contributed by atoms with Crippen molar-refractivity contribution in [1.29, 1.82) is 0 Å². The fourth-order valence-corrected chi connectivity index (χ4v) is 10.9. The number of hydrazine groups is 2. The lowest BCUT2D eigenvalue weighted by Gasteiger charge is -2.35. The minimum absolute atomic E-state index is 0.119. The monoisotopic (exact) mass is 734 g/mol. The average molecular weight is 735 g/mol. The molecule has 0 aromatic heterocycles. The highest BCUT2D eigenvalue weighted by Gasteiger charge is 2.61. The number of hydrogen-bond donors (Lipinski definition) is 7. The molecule has 2 aliphatic carbocycles. The van der Waals surface area contributed by atoms with Gasteiger partial charge in [-0.15, -0.1) is 11.8 Å². The van der Waals surface area contributed by atoms with E-state index in [1.54, 1.807) is 12.0 Å². The minimum Gasteiger partial charge on any atom is -0.479 e. The summed E-state index contributed by atoms with van der Waals surface area (Å²) in [6.45, 7) is 1.78. The Morgan fingerprint density at radius 1 is 1.08 bits per heavy atom. The first-order valence-corrected chi connectivity index (χ1v) is 20.7. The van der Waals surface area contributed by atoms with Crippen LogP contribution in [0.4, 0.5) is 0 Å². The highest BCUT2D eigenvalue weighted by atomic mass is 32.2. The first-order chi connectivity index (χ1) is 24.3. The van der Waals surface area contributed by atoms with Gasteiger partial charge in [-0.25, -0.2) is 15.6 Å². The molecule has 14 nitrogen and oxygen atoms in total. The van der Waals surface area contributed by atoms with E-state index >= 15 is 0 Å². The summed E-state index contributed by atoms with van der Waals surface area (Å²) in [7, 11) is 1.79. The average Bonchev–Trinajstić information content (AvgIpc) is 3.77. The number of nitrogens with zero attached hydrogens (tertiary/aromatic N) is 2. The number of rotatable bonds is 7. The summed E-state index contributed by atoms with van der Waals surface area (Å²) in [6, 6.07) is -1.60. The van der Waals surface area contributed by atoms with Gasteiger partial charge in [0.25, 0.3) is 0 Å². The van der Waals surface area contributed by atoms with Crippen molar-refractivity contribution < 1.29 is 29.0 Å². The van der Waals surface area contributed by atoms with Gasteiger partial charge in [-0.05, 0) is 63.7 Å². The summed E-state index contributed by atoms with van der Waals surface area (Å²) in [5.74, 6) is -0.304. The van der Waals surface area contributed by atoms with Gasteiger partial charge in [-0.1, -0.05) is 36.9 Å². The summed E-state index contributed by atoms with van der Waals surface area (Å²) >= 11 is 3.43. The molecule has 278 valence electrons. The molecule has 4 unspecified atom stereocenters. The van der Waals surface area contributed by atoms with Gasteiger partial charge in [0.1, 0.15) is 17.6 Å². The summed E-state index contributed by atoms with van der Waals surface area (Å²) < 4.78 is 8.82. The Kier molecular flexibility index (Phi) is 11.6.